The van der Waals surface area contributed by atoms with E-state index < -0.39 is 0 Å². The number of nitrogens with zero attached hydrogens (tertiary/aromatic N) is 1. The molecule has 3 saturated heterocycles. The molecule has 3 heterocycles. The van der Waals surface area contributed by atoms with Gasteiger partial charge in [0.2, 0.25) is 0 Å². The van der Waals surface area contributed by atoms with Crippen molar-refractivity contribution in [2.45, 2.75) is 83.1 Å². The van der Waals surface area contributed by atoms with Gasteiger partial charge in [-0.2, -0.15) is 0 Å². The predicted octanol–water partition coefficient (Wildman–Crippen LogP) is 3.57. The monoisotopic (exact) mass is 281 g/mol. The van der Waals surface area contributed by atoms with Gasteiger partial charge in [-0.15, -0.1) is 0 Å². The van der Waals surface area contributed by atoms with Gasteiger partial charge in [-0.25, -0.2) is 0 Å². The highest BCUT2D eigenvalue weighted by Gasteiger charge is 2.37. The molecule has 0 aromatic heterocycles. The molecule has 20 heavy (non-hydrogen) atoms. The zero-order valence-corrected chi connectivity index (χ0v) is 13.1. The zero-order chi connectivity index (χ0) is 13.8. The summed E-state index contributed by atoms with van der Waals surface area (Å²) in [6.07, 6.45) is 12.4. The smallest absolute Gasteiger partial charge is 0.157 e. The van der Waals surface area contributed by atoms with Crippen LogP contribution in [0.25, 0.3) is 0 Å². The van der Waals surface area contributed by atoms with E-state index in [-0.39, 0.29) is 6.29 Å². The molecule has 116 valence electrons. The summed E-state index contributed by atoms with van der Waals surface area (Å²) in [4.78, 5) is 2.87. The summed E-state index contributed by atoms with van der Waals surface area (Å²) in [6, 6.07) is 1.73. The molecule has 3 fully saturated rings. The summed E-state index contributed by atoms with van der Waals surface area (Å²) >= 11 is 0. The van der Waals surface area contributed by atoms with Crippen molar-refractivity contribution in [2.24, 2.45) is 5.92 Å². The second-order valence-electron chi connectivity index (χ2n) is 6.80. The summed E-state index contributed by atoms with van der Waals surface area (Å²) in [5.41, 5.74) is 0. The second kappa shape index (κ2) is 7.24. The van der Waals surface area contributed by atoms with Gasteiger partial charge in [0.15, 0.2) is 6.29 Å². The minimum absolute atomic E-state index is 0.0964. The van der Waals surface area contributed by atoms with Crippen molar-refractivity contribution in [3.63, 3.8) is 0 Å². The van der Waals surface area contributed by atoms with Crippen molar-refractivity contribution >= 4 is 0 Å². The minimum Gasteiger partial charge on any atom is -0.350 e. The maximum absolute atomic E-state index is 5.55. The van der Waals surface area contributed by atoms with Crippen LogP contribution in [0.1, 0.15) is 64.7 Å². The SMILES string of the molecule is CC[C@@H]1CC[C@@H](CCCC2OCCO2)N2CCCC[C@@H]12. The molecule has 0 aromatic rings. The molecule has 3 aliphatic heterocycles. The second-order valence-corrected chi connectivity index (χ2v) is 6.80. The van der Waals surface area contributed by atoms with Gasteiger partial charge < -0.3 is 9.47 Å². The standard InChI is InChI=1S/C17H31NO2/c1-2-14-9-10-15(18-11-4-3-7-16(14)18)6-5-8-17-19-12-13-20-17/h14-17H,2-13H2,1H3/t14-,15-,16+/m1/s1. The van der Waals surface area contributed by atoms with Crippen LogP contribution in [0.2, 0.25) is 0 Å². The number of rotatable bonds is 5. The lowest BCUT2D eigenvalue weighted by Gasteiger charge is -2.49. The predicted molar refractivity (Wildman–Crippen MR) is 80.7 cm³/mol. The number of hydrogen-bond acceptors (Lipinski definition) is 3. The van der Waals surface area contributed by atoms with E-state index in [4.69, 9.17) is 9.47 Å². The van der Waals surface area contributed by atoms with Crippen LogP contribution in [0, 0.1) is 5.92 Å². The fraction of sp³-hybridized carbons (Fsp3) is 1.00. The number of ether oxygens (including phenoxy) is 2. The van der Waals surface area contributed by atoms with Crippen molar-refractivity contribution in [1.82, 2.24) is 4.90 Å². The van der Waals surface area contributed by atoms with Crippen LogP contribution in [0.4, 0.5) is 0 Å². The Bertz CT molecular complexity index is 291. The van der Waals surface area contributed by atoms with E-state index in [0.29, 0.717) is 0 Å². The summed E-state index contributed by atoms with van der Waals surface area (Å²) in [5.74, 6) is 0.966. The lowest BCUT2D eigenvalue weighted by atomic mass is 9.78. The Morgan fingerprint density at radius 1 is 1.00 bits per heavy atom. The fourth-order valence-corrected chi connectivity index (χ4v) is 4.58. The Balaban J connectivity index is 1.48. The molecule has 0 spiro atoms. The van der Waals surface area contributed by atoms with Gasteiger partial charge in [-0.05, 0) is 57.4 Å². The molecule has 3 nitrogen and oxygen atoms in total. The van der Waals surface area contributed by atoms with E-state index in [1.807, 2.05) is 0 Å². The van der Waals surface area contributed by atoms with E-state index in [1.54, 1.807) is 0 Å². The van der Waals surface area contributed by atoms with Gasteiger partial charge in [-0.1, -0.05) is 19.8 Å². The Morgan fingerprint density at radius 3 is 2.65 bits per heavy atom. The van der Waals surface area contributed by atoms with E-state index in [1.165, 1.54) is 57.9 Å². The highest BCUT2D eigenvalue weighted by Crippen LogP contribution is 2.37. The highest BCUT2D eigenvalue weighted by molar-refractivity contribution is 4.91. The average Bonchev–Trinajstić information content (AvgIpc) is 3.01. The van der Waals surface area contributed by atoms with Gasteiger partial charge in [0, 0.05) is 12.1 Å². The maximum atomic E-state index is 5.55. The Labute approximate surface area is 124 Å². The molecule has 0 unspecified atom stereocenters. The van der Waals surface area contributed by atoms with Gasteiger partial charge in [-0.3, -0.25) is 4.90 Å². The zero-order valence-electron chi connectivity index (χ0n) is 13.1. The third kappa shape index (κ3) is 3.37. The Hall–Kier alpha value is -0.120. The van der Waals surface area contributed by atoms with Crippen molar-refractivity contribution in [3.8, 4) is 0 Å². The molecule has 3 atom stereocenters. The van der Waals surface area contributed by atoms with E-state index in [2.05, 4.69) is 11.8 Å². The number of hydrogen-bond donors (Lipinski definition) is 0. The molecule has 0 radical (unpaired) electrons. The Kier molecular flexibility index (Phi) is 5.36. The Morgan fingerprint density at radius 2 is 1.85 bits per heavy atom. The van der Waals surface area contributed by atoms with Gasteiger partial charge in [0.05, 0.1) is 13.2 Å². The maximum Gasteiger partial charge on any atom is 0.157 e. The first kappa shape index (κ1) is 14.8. The van der Waals surface area contributed by atoms with Gasteiger partial charge in [0.25, 0.3) is 0 Å². The largest absolute Gasteiger partial charge is 0.350 e. The topological polar surface area (TPSA) is 21.7 Å². The van der Waals surface area contributed by atoms with Crippen molar-refractivity contribution in [1.29, 1.82) is 0 Å². The fourth-order valence-electron chi connectivity index (χ4n) is 4.58. The van der Waals surface area contributed by atoms with Crippen LogP contribution >= 0.6 is 0 Å². The number of fused-ring (bicyclic) bond motifs is 1. The normalized spacial score (nSPS) is 36.1. The molecule has 3 rings (SSSR count). The van der Waals surface area contributed by atoms with E-state index in [0.717, 1.165) is 37.6 Å². The van der Waals surface area contributed by atoms with Crippen LogP contribution in [0.5, 0.6) is 0 Å². The summed E-state index contributed by atoms with van der Waals surface area (Å²) < 4.78 is 11.1. The molecule has 0 saturated carbocycles. The summed E-state index contributed by atoms with van der Waals surface area (Å²) in [6.45, 7) is 5.32. The third-order valence-corrected chi connectivity index (χ3v) is 5.67. The quantitative estimate of drug-likeness (QED) is 0.769. The van der Waals surface area contributed by atoms with Crippen molar-refractivity contribution < 1.29 is 9.47 Å². The van der Waals surface area contributed by atoms with Gasteiger partial charge >= 0.3 is 0 Å². The van der Waals surface area contributed by atoms with Crippen LogP contribution in [-0.4, -0.2) is 43.0 Å². The van der Waals surface area contributed by atoms with Gasteiger partial charge in [0.1, 0.15) is 0 Å². The molecule has 0 aliphatic carbocycles. The molecule has 0 N–H and O–H groups in total. The molecule has 0 bridgehead atoms. The first-order valence-electron chi connectivity index (χ1n) is 8.87. The van der Waals surface area contributed by atoms with E-state index >= 15 is 0 Å². The molecular weight excluding hydrogens is 250 g/mol. The lowest BCUT2D eigenvalue weighted by molar-refractivity contribution is -0.0513. The first-order valence-corrected chi connectivity index (χ1v) is 8.87. The van der Waals surface area contributed by atoms with Crippen LogP contribution in [-0.2, 0) is 9.47 Å². The van der Waals surface area contributed by atoms with Crippen molar-refractivity contribution in [3.05, 3.63) is 0 Å². The molecule has 3 aliphatic rings. The minimum atomic E-state index is 0.0964. The number of piperidine rings is 2. The lowest BCUT2D eigenvalue weighted by Crippen LogP contribution is -2.53. The average molecular weight is 281 g/mol. The summed E-state index contributed by atoms with van der Waals surface area (Å²) in [7, 11) is 0. The van der Waals surface area contributed by atoms with Crippen LogP contribution in [0.3, 0.4) is 0 Å². The molecule has 0 amide bonds. The van der Waals surface area contributed by atoms with Crippen molar-refractivity contribution in [2.75, 3.05) is 19.8 Å². The highest BCUT2D eigenvalue weighted by atomic mass is 16.7. The van der Waals surface area contributed by atoms with Crippen LogP contribution in [0.15, 0.2) is 0 Å². The van der Waals surface area contributed by atoms with E-state index in [9.17, 15) is 0 Å². The summed E-state index contributed by atoms with van der Waals surface area (Å²) in [5, 5.41) is 0. The molecule has 0 aromatic carbocycles. The molecule has 3 heteroatoms. The van der Waals surface area contributed by atoms with Crippen LogP contribution < -0.4 is 0 Å². The third-order valence-electron chi connectivity index (χ3n) is 5.67. The molecular formula is C17H31NO2. The first-order chi connectivity index (χ1) is 9.88.